The van der Waals surface area contributed by atoms with Crippen molar-refractivity contribution in [3.8, 4) is 11.3 Å². The maximum atomic E-state index is 13.3. The maximum absolute atomic E-state index is 13.3. The molecule has 3 aromatic rings. The first-order chi connectivity index (χ1) is 14.1. The van der Waals surface area contributed by atoms with E-state index in [0.717, 1.165) is 11.1 Å². The molecule has 1 N–H and O–H groups in total. The number of morpholine rings is 1. The summed E-state index contributed by atoms with van der Waals surface area (Å²) in [5.74, 6) is -1.30. The minimum Gasteiger partial charge on any atom is -0.479 e. The summed E-state index contributed by atoms with van der Waals surface area (Å²) >= 11 is 0. The zero-order valence-electron chi connectivity index (χ0n) is 15.8. The molecule has 0 aliphatic carbocycles. The van der Waals surface area contributed by atoms with Crippen LogP contribution >= 0.6 is 0 Å². The smallest absolute Gasteiger partial charge is 0.334 e. The van der Waals surface area contributed by atoms with Crippen molar-refractivity contribution in [3.63, 3.8) is 0 Å². The quantitative estimate of drug-likeness (QED) is 0.722. The number of carbonyl (C=O) groups excluding carboxylic acids is 1. The molecule has 2 heterocycles. The van der Waals surface area contributed by atoms with E-state index in [0.29, 0.717) is 24.3 Å². The number of amides is 1. The van der Waals surface area contributed by atoms with E-state index < -0.39 is 12.1 Å². The van der Waals surface area contributed by atoms with Crippen LogP contribution in [0.15, 0.2) is 66.9 Å². The second kappa shape index (κ2) is 8.28. The van der Waals surface area contributed by atoms with E-state index in [9.17, 15) is 14.7 Å². The summed E-state index contributed by atoms with van der Waals surface area (Å²) in [4.78, 5) is 26.1. The van der Waals surface area contributed by atoms with Gasteiger partial charge in [0.15, 0.2) is 6.10 Å². The third kappa shape index (κ3) is 4.20. The molecular weight excluding hydrogens is 370 g/mol. The second-order valence-corrected chi connectivity index (χ2v) is 6.89. The Hall–Kier alpha value is -3.45. The predicted octanol–water partition coefficient (Wildman–Crippen LogP) is 2.52. The van der Waals surface area contributed by atoms with Gasteiger partial charge in [0.25, 0.3) is 5.91 Å². The lowest BCUT2D eigenvalue weighted by molar-refractivity contribution is -0.154. The molecule has 0 spiro atoms. The number of carboxylic acid groups (broad SMARTS) is 1. The molecule has 4 rings (SSSR count). The Morgan fingerprint density at radius 3 is 2.45 bits per heavy atom. The van der Waals surface area contributed by atoms with Crippen molar-refractivity contribution in [2.24, 2.45) is 0 Å². The van der Waals surface area contributed by atoms with Gasteiger partial charge in [0.05, 0.1) is 25.3 Å². The van der Waals surface area contributed by atoms with Gasteiger partial charge in [0.1, 0.15) is 5.69 Å². The van der Waals surface area contributed by atoms with Crippen LogP contribution in [0.2, 0.25) is 0 Å². The lowest BCUT2D eigenvalue weighted by atomic mass is 10.1. The highest BCUT2D eigenvalue weighted by Crippen LogP contribution is 2.24. The first-order valence-electron chi connectivity index (χ1n) is 9.42. The van der Waals surface area contributed by atoms with Crippen LogP contribution in [-0.2, 0) is 16.1 Å². The van der Waals surface area contributed by atoms with E-state index in [1.54, 1.807) is 10.9 Å². The number of carbonyl (C=O) groups is 2. The second-order valence-electron chi connectivity index (χ2n) is 6.89. The fourth-order valence-corrected chi connectivity index (χ4v) is 3.39. The molecule has 148 valence electrons. The topological polar surface area (TPSA) is 84.7 Å². The van der Waals surface area contributed by atoms with Crippen molar-refractivity contribution in [2.75, 3.05) is 19.7 Å². The highest BCUT2D eigenvalue weighted by atomic mass is 16.5. The van der Waals surface area contributed by atoms with E-state index >= 15 is 0 Å². The van der Waals surface area contributed by atoms with E-state index in [1.165, 1.54) is 4.90 Å². The zero-order chi connectivity index (χ0) is 20.2. The molecule has 7 nitrogen and oxygen atoms in total. The Kier molecular flexibility index (Phi) is 5.39. The third-order valence-electron chi connectivity index (χ3n) is 4.86. The number of hydrogen-bond donors (Lipinski definition) is 1. The normalized spacial score (nSPS) is 16.6. The summed E-state index contributed by atoms with van der Waals surface area (Å²) in [5.41, 5.74) is 2.96. The Balaban J connectivity index is 1.67. The highest BCUT2D eigenvalue weighted by Gasteiger charge is 2.31. The van der Waals surface area contributed by atoms with Gasteiger partial charge < -0.3 is 14.7 Å². The van der Waals surface area contributed by atoms with Gasteiger partial charge in [-0.15, -0.1) is 0 Å². The van der Waals surface area contributed by atoms with Gasteiger partial charge in [-0.05, 0) is 5.56 Å². The largest absolute Gasteiger partial charge is 0.479 e. The molecule has 7 heteroatoms. The van der Waals surface area contributed by atoms with Crippen molar-refractivity contribution in [1.82, 2.24) is 14.7 Å². The standard InChI is InChI=1S/C22H21N3O4/c26-21(24-11-12-29-19(15-24)22(27)28)18-14-25(13-16-7-3-1-4-8-16)23-20(18)17-9-5-2-6-10-17/h1-10,14,19H,11-13,15H2,(H,27,28)/t19-/m1/s1. The van der Waals surface area contributed by atoms with Crippen molar-refractivity contribution < 1.29 is 19.4 Å². The van der Waals surface area contributed by atoms with Crippen molar-refractivity contribution in [3.05, 3.63) is 78.0 Å². The molecular formula is C22H21N3O4. The van der Waals surface area contributed by atoms with Gasteiger partial charge in [0, 0.05) is 18.3 Å². The molecule has 1 aromatic heterocycles. The third-order valence-corrected chi connectivity index (χ3v) is 4.86. The lowest BCUT2D eigenvalue weighted by Gasteiger charge is -2.30. The van der Waals surface area contributed by atoms with Gasteiger partial charge in [-0.25, -0.2) is 4.79 Å². The average molecular weight is 391 g/mol. The SMILES string of the molecule is O=C(O)[C@H]1CN(C(=O)c2cn(Cc3ccccc3)nc2-c2ccccc2)CCO1. The molecule has 0 bridgehead atoms. The van der Waals surface area contributed by atoms with Crippen LogP contribution < -0.4 is 0 Å². The number of hydrogen-bond acceptors (Lipinski definition) is 4. The molecule has 1 atom stereocenters. The monoisotopic (exact) mass is 391 g/mol. The molecule has 1 fully saturated rings. The number of aromatic nitrogens is 2. The van der Waals surface area contributed by atoms with Crippen LogP contribution in [0.25, 0.3) is 11.3 Å². The number of benzene rings is 2. The van der Waals surface area contributed by atoms with Gasteiger partial charge in [0.2, 0.25) is 0 Å². The first kappa shape index (κ1) is 18.9. The Bertz CT molecular complexity index is 1000. The minimum absolute atomic E-state index is 0.0201. The van der Waals surface area contributed by atoms with Crippen molar-refractivity contribution in [2.45, 2.75) is 12.6 Å². The van der Waals surface area contributed by atoms with Crippen LogP contribution in [0, 0.1) is 0 Å². The fraction of sp³-hybridized carbons (Fsp3) is 0.227. The summed E-state index contributed by atoms with van der Waals surface area (Å²) in [6.07, 6.45) is 0.732. The van der Waals surface area contributed by atoms with E-state index in [2.05, 4.69) is 5.10 Å². The summed E-state index contributed by atoms with van der Waals surface area (Å²) in [6, 6.07) is 19.4. The Morgan fingerprint density at radius 1 is 1.07 bits per heavy atom. The van der Waals surface area contributed by atoms with Gasteiger partial charge >= 0.3 is 5.97 Å². The molecule has 0 unspecified atom stereocenters. The van der Waals surface area contributed by atoms with E-state index in [4.69, 9.17) is 4.74 Å². The first-order valence-corrected chi connectivity index (χ1v) is 9.42. The van der Waals surface area contributed by atoms with Crippen molar-refractivity contribution >= 4 is 11.9 Å². The molecule has 1 amide bonds. The summed E-state index contributed by atoms with van der Waals surface area (Å²) < 4.78 is 6.99. The number of ether oxygens (including phenoxy) is 1. The summed E-state index contributed by atoms with van der Waals surface area (Å²) in [5, 5.41) is 13.9. The fourth-order valence-electron chi connectivity index (χ4n) is 3.39. The molecule has 0 radical (unpaired) electrons. The average Bonchev–Trinajstić information content (AvgIpc) is 3.18. The van der Waals surface area contributed by atoms with Gasteiger partial charge in [-0.1, -0.05) is 60.7 Å². The van der Waals surface area contributed by atoms with Crippen LogP contribution in [0.4, 0.5) is 0 Å². The van der Waals surface area contributed by atoms with Crippen molar-refractivity contribution in [1.29, 1.82) is 0 Å². The maximum Gasteiger partial charge on any atom is 0.334 e. The van der Waals surface area contributed by atoms with Crippen LogP contribution in [0.1, 0.15) is 15.9 Å². The lowest BCUT2D eigenvalue weighted by Crippen LogP contribution is -2.48. The molecule has 0 saturated carbocycles. The van der Waals surface area contributed by atoms with Crippen LogP contribution in [0.3, 0.4) is 0 Å². The highest BCUT2D eigenvalue weighted by molar-refractivity contribution is 6.00. The van der Waals surface area contributed by atoms with Gasteiger partial charge in [-0.2, -0.15) is 5.10 Å². The molecule has 1 aliphatic rings. The molecule has 1 saturated heterocycles. The summed E-state index contributed by atoms with van der Waals surface area (Å²) in [6.45, 7) is 1.10. The molecule has 1 aliphatic heterocycles. The minimum atomic E-state index is -1.06. The number of aliphatic carboxylic acids is 1. The Morgan fingerprint density at radius 2 is 1.76 bits per heavy atom. The van der Waals surface area contributed by atoms with Crippen LogP contribution in [0.5, 0.6) is 0 Å². The zero-order valence-corrected chi connectivity index (χ0v) is 15.8. The van der Waals surface area contributed by atoms with Gasteiger partial charge in [-0.3, -0.25) is 9.48 Å². The molecule has 29 heavy (non-hydrogen) atoms. The number of nitrogens with zero attached hydrogens (tertiary/aromatic N) is 3. The van der Waals surface area contributed by atoms with E-state index in [1.807, 2.05) is 60.7 Å². The predicted molar refractivity (Wildman–Crippen MR) is 106 cm³/mol. The summed E-state index contributed by atoms with van der Waals surface area (Å²) in [7, 11) is 0. The number of rotatable bonds is 5. The molecule has 2 aromatic carbocycles. The van der Waals surface area contributed by atoms with E-state index in [-0.39, 0.29) is 19.1 Å². The number of carboxylic acids is 1. The Labute approximate surface area is 168 Å². The van der Waals surface area contributed by atoms with Crippen LogP contribution in [-0.4, -0.2) is 57.5 Å².